The second-order valence-corrected chi connectivity index (χ2v) is 8.38. The number of ether oxygens (including phenoxy) is 1. The molecular weight excluding hydrogens is 356 g/mol. The number of aromatic nitrogens is 2. The molecule has 0 radical (unpaired) electrons. The average molecular weight is 381 g/mol. The standard InChI is InChI=1S/C17H24N4O2S2/c1-11(2)13-5-7-14(8-6-13)19-15(22)12(3)24-17-21-20-16(25-17)18-9-10-23-4/h5-8,11-12H,9-10H2,1-4H3,(H,18,20)(H,19,22)/t12-/m1/s1. The molecule has 1 aromatic carbocycles. The van der Waals surface area contributed by atoms with E-state index in [1.54, 1.807) is 7.11 Å². The van der Waals surface area contributed by atoms with Gasteiger partial charge < -0.3 is 15.4 Å². The summed E-state index contributed by atoms with van der Waals surface area (Å²) in [5.41, 5.74) is 2.06. The molecule has 0 fully saturated rings. The van der Waals surface area contributed by atoms with Gasteiger partial charge in [0.05, 0.1) is 11.9 Å². The first-order valence-electron chi connectivity index (χ1n) is 8.13. The Morgan fingerprint density at radius 2 is 1.96 bits per heavy atom. The molecule has 136 valence electrons. The lowest BCUT2D eigenvalue weighted by Crippen LogP contribution is -2.22. The van der Waals surface area contributed by atoms with Crippen LogP contribution in [-0.4, -0.2) is 41.6 Å². The molecule has 2 aromatic rings. The SMILES string of the molecule is COCCNc1nnc(S[C@H](C)C(=O)Nc2ccc(C(C)C)cc2)s1. The highest BCUT2D eigenvalue weighted by Crippen LogP contribution is 2.29. The largest absolute Gasteiger partial charge is 0.383 e. The fraction of sp³-hybridized carbons (Fsp3) is 0.471. The number of carbonyl (C=O) groups is 1. The van der Waals surface area contributed by atoms with E-state index in [0.717, 1.165) is 15.2 Å². The smallest absolute Gasteiger partial charge is 0.237 e. The van der Waals surface area contributed by atoms with Crippen molar-refractivity contribution in [1.82, 2.24) is 10.2 Å². The first kappa shape index (κ1) is 19.7. The van der Waals surface area contributed by atoms with Gasteiger partial charge in [0.1, 0.15) is 0 Å². The van der Waals surface area contributed by atoms with E-state index in [0.29, 0.717) is 19.1 Å². The molecule has 0 aliphatic rings. The zero-order chi connectivity index (χ0) is 18.2. The van der Waals surface area contributed by atoms with Crippen molar-refractivity contribution in [2.24, 2.45) is 0 Å². The van der Waals surface area contributed by atoms with Gasteiger partial charge in [0.25, 0.3) is 0 Å². The Morgan fingerprint density at radius 3 is 2.60 bits per heavy atom. The fourth-order valence-electron chi connectivity index (χ4n) is 1.99. The zero-order valence-electron chi connectivity index (χ0n) is 14.9. The number of methoxy groups -OCH3 is 1. The third-order valence-corrected chi connectivity index (χ3v) is 5.55. The second-order valence-electron chi connectivity index (χ2n) is 5.82. The zero-order valence-corrected chi connectivity index (χ0v) is 16.5. The summed E-state index contributed by atoms with van der Waals surface area (Å²) in [6, 6.07) is 7.96. The van der Waals surface area contributed by atoms with Gasteiger partial charge in [-0.05, 0) is 30.5 Å². The van der Waals surface area contributed by atoms with E-state index in [2.05, 4.69) is 34.7 Å². The van der Waals surface area contributed by atoms with Crippen LogP contribution in [0.3, 0.4) is 0 Å². The molecule has 1 amide bonds. The summed E-state index contributed by atoms with van der Waals surface area (Å²) in [5, 5.41) is 14.7. The van der Waals surface area contributed by atoms with Crippen molar-refractivity contribution in [3.05, 3.63) is 29.8 Å². The quantitative estimate of drug-likeness (QED) is 0.508. The Hall–Kier alpha value is -1.64. The molecule has 0 unspecified atom stereocenters. The van der Waals surface area contributed by atoms with E-state index in [1.807, 2.05) is 31.2 Å². The van der Waals surface area contributed by atoms with Gasteiger partial charge in [0, 0.05) is 19.3 Å². The van der Waals surface area contributed by atoms with Gasteiger partial charge in [-0.15, -0.1) is 10.2 Å². The molecule has 0 saturated heterocycles. The first-order chi connectivity index (χ1) is 12.0. The molecule has 0 aliphatic heterocycles. The van der Waals surface area contributed by atoms with E-state index in [4.69, 9.17) is 4.74 Å². The van der Waals surface area contributed by atoms with Crippen molar-refractivity contribution in [2.75, 3.05) is 30.9 Å². The maximum atomic E-state index is 12.3. The summed E-state index contributed by atoms with van der Waals surface area (Å²) in [6.45, 7) is 7.44. The third-order valence-electron chi connectivity index (χ3n) is 3.48. The van der Waals surface area contributed by atoms with Crippen LogP contribution in [0.5, 0.6) is 0 Å². The van der Waals surface area contributed by atoms with E-state index in [-0.39, 0.29) is 11.2 Å². The number of benzene rings is 1. The molecule has 0 bridgehead atoms. The molecular formula is C17H24N4O2S2. The molecule has 0 aliphatic carbocycles. The summed E-state index contributed by atoms with van der Waals surface area (Å²) in [5.74, 6) is 0.426. The van der Waals surface area contributed by atoms with Crippen molar-refractivity contribution in [1.29, 1.82) is 0 Å². The van der Waals surface area contributed by atoms with Crippen LogP contribution < -0.4 is 10.6 Å². The Kier molecular flexibility index (Phi) is 7.67. The van der Waals surface area contributed by atoms with Gasteiger partial charge in [-0.1, -0.05) is 49.1 Å². The van der Waals surface area contributed by atoms with Gasteiger partial charge in [-0.3, -0.25) is 4.79 Å². The van der Waals surface area contributed by atoms with Crippen LogP contribution >= 0.6 is 23.1 Å². The topological polar surface area (TPSA) is 76.1 Å². The fourth-order valence-corrected chi connectivity index (χ4v) is 3.91. The Morgan fingerprint density at radius 1 is 1.24 bits per heavy atom. The van der Waals surface area contributed by atoms with E-state index < -0.39 is 0 Å². The molecule has 1 heterocycles. The maximum absolute atomic E-state index is 12.3. The van der Waals surface area contributed by atoms with Gasteiger partial charge >= 0.3 is 0 Å². The molecule has 25 heavy (non-hydrogen) atoms. The second kappa shape index (κ2) is 9.74. The Bertz CT molecular complexity index is 674. The van der Waals surface area contributed by atoms with Crippen LogP contribution in [0.15, 0.2) is 28.6 Å². The highest BCUT2D eigenvalue weighted by Gasteiger charge is 2.17. The lowest BCUT2D eigenvalue weighted by Gasteiger charge is -2.11. The predicted molar refractivity (Wildman–Crippen MR) is 105 cm³/mol. The van der Waals surface area contributed by atoms with Crippen molar-refractivity contribution < 1.29 is 9.53 Å². The number of anilines is 2. The number of hydrogen-bond acceptors (Lipinski definition) is 7. The monoisotopic (exact) mass is 380 g/mol. The third kappa shape index (κ3) is 6.30. The van der Waals surface area contributed by atoms with Crippen molar-refractivity contribution in [2.45, 2.75) is 36.3 Å². The molecule has 0 saturated carbocycles. The summed E-state index contributed by atoms with van der Waals surface area (Å²) in [6.07, 6.45) is 0. The minimum atomic E-state index is -0.260. The van der Waals surface area contributed by atoms with Crippen LogP contribution in [0.2, 0.25) is 0 Å². The van der Waals surface area contributed by atoms with Gasteiger partial charge in [-0.2, -0.15) is 0 Å². The first-order valence-corrected chi connectivity index (χ1v) is 9.83. The Labute approximate surface area is 156 Å². The Balaban J connectivity index is 1.85. The number of hydrogen-bond donors (Lipinski definition) is 2. The minimum Gasteiger partial charge on any atom is -0.383 e. The molecule has 2 rings (SSSR count). The van der Waals surface area contributed by atoms with Gasteiger partial charge in [0.15, 0.2) is 4.34 Å². The van der Waals surface area contributed by atoms with Crippen LogP contribution in [0, 0.1) is 0 Å². The highest BCUT2D eigenvalue weighted by atomic mass is 32.2. The van der Waals surface area contributed by atoms with E-state index >= 15 is 0 Å². The maximum Gasteiger partial charge on any atom is 0.237 e. The number of nitrogens with zero attached hydrogens (tertiary/aromatic N) is 2. The summed E-state index contributed by atoms with van der Waals surface area (Å²) >= 11 is 2.84. The lowest BCUT2D eigenvalue weighted by atomic mass is 10.0. The summed E-state index contributed by atoms with van der Waals surface area (Å²) in [7, 11) is 1.65. The van der Waals surface area contributed by atoms with Crippen LogP contribution in [0.4, 0.5) is 10.8 Å². The van der Waals surface area contributed by atoms with Crippen molar-refractivity contribution in [3.8, 4) is 0 Å². The summed E-state index contributed by atoms with van der Waals surface area (Å²) in [4.78, 5) is 12.3. The number of nitrogens with one attached hydrogen (secondary N) is 2. The molecule has 2 N–H and O–H groups in total. The minimum absolute atomic E-state index is 0.0496. The van der Waals surface area contributed by atoms with Crippen molar-refractivity contribution >= 4 is 39.8 Å². The van der Waals surface area contributed by atoms with Crippen LogP contribution in [-0.2, 0) is 9.53 Å². The number of rotatable bonds is 9. The van der Waals surface area contributed by atoms with E-state index in [1.165, 1.54) is 28.7 Å². The molecule has 1 atom stereocenters. The lowest BCUT2D eigenvalue weighted by molar-refractivity contribution is -0.115. The molecule has 0 spiro atoms. The molecule has 6 nitrogen and oxygen atoms in total. The number of amides is 1. The van der Waals surface area contributed by atoms with Crippen LogP contribution in [0.25, 0.3) is 0 Å². The normalized spacial score (nSPS) is 12.2. The van der Waals surface area contributed by atoms with Crippen molar-refractivity contribution in [3.63, 3.8) is 0 Å². The van der Waals surface area contributed by atoms with Gasteiger partial charge in [-0.25, -0.2) is 0 Å². The molecule has 1 aromatic heterocycles. The van der Waals surface area contributed by atoms with Crippen LogP contribution in [0.1, 0.15) is 32.3 Å². The molecule has 8 heteroatoms. The summed E-state index contributed by atoms with van der Waals surface area (Å²) < 4.78 is 5.74. The average Bonchev–Trinajstić information content (AvgIpc) is 3.03. The van der Waals surface area contributed by atoms with Gasteiger partial charge in [0.2, 0.25) is 11.0 Å². The van der Waals surface area contributed by atoms with E-state index in [9.17, 15) is 4.79 Å². The number of carbonyl (C=O) groups excluding carboxylic acids is 1. The predicted octanol–water partition coefficient (Wildman–Crippen LogP) is 3.84. The number of thioether (sulfide) groups is 1. The highest BCUT2D eigenvalue weighted by molar-refractivity contribution is 8.02.